The third kappa shape index (κ3) is 3.44. The fourth-order valence-corrected chi connectivity index (χ4v) is 2.47. The molecule has 1 saturated heterocycles. The Morgan fingerprint density at radius 3 is 2.70 bits per heavy atom. The largest absolute Gasteiger partial charge is 0.466 e. The number of hydrogen-bond donors (Lipinski definition) is 1. The highest BCUT2D eigenvalue weighted by Gasteiger charge is 2.49. The first-order valence-corrected chi connectivity index (χ1v) is 7.07. The van der Waals surface area contributed by atoms with Gasteiger partial charge in [-0.25, -0.2) is 4.79 Å². The van der Waals surface area contributed by atoms with Gasteiger partial charge in [0.05, 0.1) is 18.6 Å². The maximum Gasteiger partial charge on any atom is 0.318 e. The van der Waals surface area contributed by atoms with Crippen LogP contribution in [-0.4, -0.2) is 43.1 Å². The van der Waals surface area contributed by atoms with Gasteiger partial charge in [-0.2, -0.15) is 0 Å². The molecular formula is C15H24N2O3. The molecule has 2 amide bonds. The van der Waals surface area contributed by atoms with Crippen molar-refractivity contribution in [2.45, 2.75) is 34.1 Å². The summed E-state index contributed by atoms with van der Waals surface area (Å²) in [7, 11) is 0. The second-order valence-electron chi connectivity index (χ2n) is 5.29. The van der Waals surface area contributed by atoms with Crippen molar-refractivity contribution in [2.75, 3.05) is 26.2 Å². The van der Waals surface area contributed by atoms with E-state index in [1.54, 1.807) is 18.7 Å². The number of esters is 1. The Kier molecular flexibility index (Phi) is 5.87. The number of ether oxygens (including phenoxy) is 1. The molecule has 1 aliphatic heterocycles. The monoisotopic (exact) mass is 280 g/mol. The zero-order valence-corrected chi connectivity index (χ0v) is 12.8. The number of rotatable bonds is 4. The molecule has 1 rings (SSSR count). The van der Waals surface area contributed by atoms with E-state index < -0.39 is 5.41 Å². The van der Waals surface area contributed by atoms with Gasteiger partial charge in [0.25, 0.3) is 0 Å². The number of amides is 2. The highest BCUT2D eigenvalue weighted by molar-refractivity contribution is 5.81. The van der Waals surface area contributed by atoms with E-state index in [0.29, 0.717) is 32.7 Å². The molecule has 1 fully saturated rings. The van der Waals surface area contributed by atoms with Gasteiger partial charge in [-0.15, -0.1) is 5.92 Å². The fraction of sp³-hybridized carbons (Fsp3) is 0.733. The van der Waals surface area contributed by atoms with Crippen LogP contribution in [0.1, 0.15) is 34.1 Å². The molecule has 0 aromatic carbocycles. The minimum Gasteiger partial charge on any atom is -0.466 e. The quantitative estimate of drug-likeness (QED) is 0.629. The molecule has 20 heavy (non-hydrogen) atoms. The van der Waals surface area contributed by atoms with E-state index >= 15 is 0 Å². The van der Waals surface area contributed by atoms with Crippen LogP contribution in [0.15, 0.2) is 0 Å². The normalized spacial score (nSPS) is 21.4. The second-order valence-corrected chi connectivity index (χ2v) is 5.29. The minimum atomic E-state index is -0.580. The Labute approximate surface area is 121 Å². The average Bonchev–Trinajstić information content (AvgIpc) is 2.85. The molecule has 0 aliphatic carbocycles. The average molecular weight is 280 g/mol. The number of urea groups is 1. The summed E-state index contributed by atoms with van der Waals surface area (Å²) in [6, 6.07) is -0.167. The molecule has 0 saturated carbocycles. The standard InChI is InChI=1S/C15H24N2O3/c1-5-7-9-16-14(19)17-10-8-15(11-17,12(3)4)13(18)20-6-2/h12H,6,8-11H2,1-4H3,(H,16,19)/t15-/m1/s1. The molecule has 112 valence electrons. The highest BCUT2D eigenvalue weighted by Crippen LogP contribution is 2.39. The number of carbonyl (C=O) groups is 2. The van der Waals surface area contributed by atoms with Gasteiger partial charge in [0.1, 0.15) is 0 Å². The Bertz CT molecular complexity index is 423. The van der Waals surface area contributed by atoms with E-state index in [1.807, 2.05) is 13.8 Å². The van der Waals surface area contributed by atoms with Gasteiger partial charge >= 0.3 is 12.0 Å². The summed E-state index contributed by atoms with van der Waals surface area (Å²) in [5, 5.41) is 2.73. The summed E-state index contributed by atoms with van der Waals surface area (Å²) >= 11 is 0. The van der Waals surface area contributed by atoms with Crippen LogP contribution >= 0.6 is 0 Å². The van der Waals surface area contributed by atoms with Gasteiger partial charge in [0, 0.05) is 13.1 Å². The Hall–Kier alpha value is -1.70. The van der Waals surface area contributed by atoms with Crippen LogP contribution in [-0.2, 0) is 9.53 Å². The molecule has 0 bridgehead atoms. The lowest BCUT2D eigenvalue weighted by molar-refractivity contribution is -0.157. The molecule has 5 nitrogen and oxygen atoms in total. The molecular weight excluding hydrogens is 256 g/mol. The zero-order chi connectivity index (χ0) is 15.2. The van der Waals surface area contributed by atoms with E-state index in [4.69, 9.17) is 4.74 Å². The van der Waals surface area contributed by atoms with Crippen LogP contribution in [0.3, 0.4) is 0 Å². The first-order chi connectivity index (χ1) is 9.47. The van der Waals surface area contributed by atoms with Gasteiger partial charge in [0.2, 0.25) is 0 Å². The topological polar surface area (TPSA) is 58.6 Å². The lowest BCUT2D eigenvalue weighted by atomic mass is 9.76. The third-order valence-corrected chi connectivity index (χ3v) is 3.88. The molecule has 0 aromatic rings. The summed E-state index contributed by atoms with van der Waals surface area (Å²) < 4.78 is 5.20. The predicted molar refractivity (Wildman–Crippen MR) is 76.9 cm³/mol. The van der Waals surface area contributed by atoms with Crippen molar-refractivity contribution in [3.63, 3.8) is 0 Å². The smallest absolute Gasteiger partial charge is 0.318 e. The number of nitrogens with zero attached hydrogens (tertiary/aromatic N) is 1. The van der Waals surface area contributed by atoms with Gasteiger partial charge in [0.15, 0.2) is 0 Å². The maximum absolute atomic E-state index is 12.2. The summed E-state index contributed by atoms with van der Waals surface area (Å²) in [6.45, 7) is 9.21. The number of likely N-dealkylation sites (tertiary alicyclic amines) is 1. The summed E-state index contributed by atoms with van der Waals surface area (Å²) in [5.74, 6) is 5.45. The molecule has 1 atom stereocenters. The van der Waals surface area contributed by atoms with Crippen molar-refractivity contribution in [1.82, 2.24) is 10.2 Å². The molecule has 5 heteroatoms. The van der Waals surface area contributed by atoms with Crippen LogP contribution in [0.2, 0.25) is 0 Å². The molecule has 1 heterocycles. The van der Waals surface area contributed by atoms with Gasteiger partial charge in [-0.1, -0.05) is 19.8 Å². The first-order valence-electron chi connectivity index (χ1n) is 7.07. The molecule has 1 N–H and O–H groups in total. The zero-order valence-electron chi connectivity index (χ0n) is 12.8. The van der Waals surface area contributed by atoms with E-state index in [0.717, 1.165) is 0 Å². The highest BCUT2D eigenvalue weighted by atomic mass is 16.5. The molecule has 1 aliphatic rings. The number of hydrogen-bond acceptors (Lipinski definition) is 3. The van der Waals surface area contributed by atoms with Crippen LogP contribution in [0.4, 0.5) is 4.79 Å². The number of carbonyl (C=O) groups excluding carboxylic acids is 2. The molecule has 0 spiro atoms. The van der Waals surface area contributed by atoms with Gasteiger partial charge in [-0.05, 0) is 26.2 Å². The van der Waals surface area contributed by atoms with E-state index in [9.17, 15) is 9.59 Å². The van der Waals surface area contributed by atoms with Crippen LogP contribution in [0.25, 0.3) is 0 Å². The van der Waals surface area contributed by atoms with Crippen molar-refractivity contribution in [1.29, 1.82) is 0 Å². The van der Waals surface area contributed by atoms with Crippen LogP contribution in [0, 0.1) is 23.2 Å². The Morgan fingerprint density at radius 1 is 1.45 bits per heavy atom. The van der Waals surface area contributed by atoms with Gasteiger partial charge < -0.3 is 15.0 Å². The van der Waals surface area contributed by atoms with E-state index in [2.05, 4.69) is 17.2 Å². The SMILES string of the molecule is CC#CCNC(=O)N1CC[C@](C(=O)OCC)(C(C)C)C1. The minimum absolute atomic E-state index is 0.134. The van der Waals surface area contributed by atoms with Crippen molar-refractivity contribution < 1.29 is 14.3 Å². The Morgan fingerprint density at radius 2 is 2.15 bits per heavy atom. The van der Waals surface area contributed by atoms with E-state index in [-0.39, 0.29) is 17.9 Å². The maximum atomic E-state index is 12.2. The second kappa shape index (κ2) is 7.18. The van der Waals surface area contributed by atoms with Crippen molar-refractivity contribution in [3.8, 4) is 11.8 Å². The molecule has 0 radical (unpaired) electrons. The van der Waals surface area contributed by atoms with Crippen molar-refractivity contribution >= 4 is 12.0 Å². The lowest BCUT2D eigenvalue weighted by Crippen LogP contribution is -2.44. The summed E-state index contributed by atoms with van der Waals surface area (Å²) in [6.07, 6.45) is 0.649. The third-order valence-electron chi connectivity index (χ3n) is 3.88. The number of nitrogens with one attached hydrogen (secondary N) is 1. The molecule has 0 unspecified atom stereocenters. The summed E-state index contributed by atoms with van der Waals surface area (Å²) in [5.41, 5.74) is -0.580. The van der Waals surface area contributed by atoms with E-state index in [1.165, 1.54) is 0 Å². The predicted octanol–water partition coefficient (Wildman–Crippen LogP) is 1.63. The van der Waals surface area contributed by atoms with Crippen LogP contribution < -0.4 is 5.32 Å². The van der Waals surface area contributed by atoms with Gasteiger partial charge in [-0.3, -0.25) is 4.79 Å². The van der Waals surface area contributed by atoms with Crippen molar-refractivity contribution in [2.24, 2.45) is 11.3 Å². The van der Waals surface area contributed by atoms with Crippen LogP contribution in [0.5, 0.6) is 0 Å². The molecule has 0 aromatic heterocycles. The first kappa shape index (κ1) is 16.4. The van der Waals surface area contributed by atoms with Crippen molar-refractivity contribution in [3.05, 3.63) is 0 Å². The Balaban J connectivity index is 2.71. The fourth-order valence-electron chi connectivity index (χ4n) is 2.47. The summed E-state index contributed by atoms with van der Waals surface area (Å²) in [4.78, 5) is 25.9. The lowest BCUT2D eigenvalue weighted by Gasteiger charge is -2.30.